The van der Waals surface area contributed by atoms with E-state index in [4.69, 9.17) is 0 Å². The summed E-state index contributed by atoms with van der Waals surface area (Å²) in [6, 6.07) is 5.12. The molecule has 20 heavy (non-hydrogen) atoms. The maximum Gasteiger partial charge on any atom is 0.337 e. The number of hydrogen-bond acceptors (Lipinski definition) is 3. The molecule has 1 amide bonds. The number of methoxy groups -OCH3 is 1. The third kappa shape index (κ3) is 5.03. The molecule has 0 aliphatic heterocycles. The van der Waals surface area contributed by atoms with Gasteiger partial charge < -0.3 is 10.1 Å². The molecular weight excluding hydrogens is 254 g/mol. The van der Waals surface area contributed by atoms with Crippen LogP contribution in [0.5, 0.6) is 0 Å². The number of ether oxygens (including phenoxy) is 1. The molecule has 1 aromatic carbocycles. The number of nitrogens with one attached hydrogen (secondary N) is 1. The molecule has 4 heteroatoms. The van der Waals surface area contributed by atoms with Gasteiger partial charge in [0.2, 0.25) is 5.91 Å². The second kappa shape index (κ2) is 8.35. The first kappa shape index (κ1) is 16.2. The Hall–Kier alpha value is -1.84. The summed E-state index contributed by atoms with van der Waals surface area (Å²) in [6.07, 6.45) is 4.87. The van der Waals surface area contributed by atoms with Crippen molar-refractivity contribution >= 4 is 17.6 Å². The zero-order chi connectivity index (χ0) is 15.0. The molecule has 0 unspecified atom stereocenters. The van der Waals surface area contributed by atoms with Gasteiger partial charge in [0.15, 0.2) is 0 Å². The van der Waals surface area contributed by atoms with E-state index in [1.54, 1.807) is 18.2 Å². The summed E-state index contributed by atoms with van der Waals surface area (Å²) in [6.45, 7) is 4.01. The minimum absolute atomic E-state index is 0.0232. The average molecular weight is 277 g/mol. The first-order valence-corrected chi connectivity index (χ1v) is 7.07. The van der Waals surface area contributed by atoms with Gasteiger partial charge in [0.1, 0.15) is 0 Å². The van der Waals surface area contributed by atoms with Gasteiger partial charge in [-0.15, -0.1) is 0 Å². The van der Waals surface area contributed by atoms with Crippen molar-refractivity contribution in [2.45, 2.75) is 46.0 Å². The molecule has 0 saturated heterocycles. The molecule has 0 aromatic heterocycles. The SMILES string of the molecule is CCCCCCC(=O)Nc1ccc(C(=O)OC)cc1C. The van der Waals surface area contributed by atoms with Gasteiger partial charge in [0, 0.05) is 12.1 Å². The fourth-order valence-electron chi connectivity index (χ4n) is 1.97. The van der Waals surface area contributed by atoms with E-state index in [1.165, 1.54) is 13.5 Å². The highest BCUT2D eigenvalue weighted by Crippen LogP contribution is 2.17. The predicted octanol–water partition coefficient (Wildman–Crippen LogP) is 3.69. The molecule has 0 aliphatic rings. The average Bonchev–Trinajstić information content (AvgIpc) is 2.45. The summed E-state index contributed by atoms with van der Waals surface area (Å²) in [7, 11) is 1.35. The van der Waals surface area contributed by atoms with Gasteiger partial charge in [-0.1, -0.05) is 26.2 Å². The van der Waals surface area contributed by atoms with E-state index in [1.807, 2.05) is 6.92 Å². The van der Waals surface area contributed by atoms with Gasteiger partial charge in [-0.3, -0.25) is 4.79 Å². The standard InChI is InChI=1S/C16H23NO3/c1-4-5-6-7-8-15(18)17-14-10-9-13(11-12(14)2)16(19)20-3/h9-11H,4-8H2,1-3H3,(H,17,18). The van der Waals surface area contributed by atoms with Crippen molar-refractivity contribution in [2.75, 3.05) is 12.4 Å². The fraction of sp³-hybridized carbons (Fsp3) is 0.500. The second-order valence-corrected chi connectivity index (χ2v) is 4.88. The van der Waals surface area contributed by atoms with E-state index in [0.717, 1.165) is 30.5 Å². The van der Waals surface area contributed by atoms with Gasteiger partial charge in [-0.25, -0.2) is 4.79 Å². The number of carbonyl (C=O) groups is 2. The highest BCUT2D eigenvalue weighted by molar-refractivity contribution is 5.94. The van der Waals surface area contributed by atoms with E-state index in [0.29, 0.717) is 12.0 Å². The number of esters is 1. The first-order valence-electron chi connectivity index (χ1n) is 7.07. The van der Waals surface area contributed by atoms with Crippen LogP contribution in [0.25, 0.3) is 0 Å². The van der Waals surface area contributed by atoms with Crippen LogP contribution < -0.4 is 5.32 Å². The lowest BCUT2D eigenvalue weighted by Crippen LogP contribution is -2.12. The van der Waals surface area contributed by atoms with Crippen molar-refractivity contribution in [3.8, 4) is 0 Å². The van der Waals surface area contributed by atoms with Crippen molar-refractivity contribution in [3.63, 3.8) is 0 Å². The van der Waals surface area contributed by atoms with Gasteiger partial charge in [0.25, 0.3) is 0 Å². The normalized spacial score (nSPS) is 10.2. The van der Waals surface area contributed by atoms with Crippen LogP contribution in [-0.4, -0.2) is 19.0 Å². The van der Waals surface area contributed by atoms with Gasteiger partial charge in [-0.05, 0) is 37.1 Å². The maximum absolute atomic E-state index is 11.8. The summed E-state index contributed by atoms with van der Waals surface area (Å²) in [5, 5.41) is 2.88. The second-order valence-electron chi connectivity index (χ2n) is 4.88. The molecule has 0 saturated carbocycles. The molecule has 0 bridgehead atoms. The number of benzene rings is 1. The number of unbranched alkanes of at least 4 members (excludes halogenated alkanes) is 3. The monoisotopic (exact) mass is 277 g/mol. The number of carbonyl (C=O) groups excluding carboxylic acids is 2. The molecule has 0 atom stereocenters. The van der Waals surface area contributed by atoms with Crippen molar-refractivity contribution < 1.29 is 14.3 Å². The summed E-state index contributed by atoms with van der Waals surface area (Å²) < 4.78 is 4.66. The molecule has 1 aromatic rings. The van der Waals surface area contributed by atoms with Crippen molar-refractivity contribution in [1.82, 2.24) is 0 Å². The van der Waals surface area contributed by atoms with Gasteiger partial charge in [-0.2, -0.15) is 0 Å². The third-order valence-corrected chi connectivity index (χ3v) is 3.18. The molecule has 0 radical (unpaired) electrons. The number of anilines is 1. The number of hydrogen-bond donors (Lipinski definition) is 1. The molecule has 4 nitrogen and oxygen atoms in total. The van der Waals surface area contributed by atoms with Crippen LogP contribution >= 0.6 is 0 Å². The number of rotatable bonds is 7. The van der Waals surface area contributed by atoms with Crippen LogP contribution in [0.2, 0.25) is 0 Å². The Bertz CT molecular complexity index is 469. The Balaban J connectivity index is 2.55. The van der Waals surface area contributed by atoms with Crippen LogP contribution in [0.4, 0.5) is 5.69 Å². The van der Waals surface area contributed by atoms with Crippen molar-refractivity contribution in [2.24, 2.45) is 0 Å². The Morgan fingerprint density at radius 3 is 2.55 bits per heavy atom. The Labute approximate surface area is 120 Å². The maximum atomic E-state index is 11.8. The Morgan fingerprint density at radius 1 is 1.20 bits per heavy atom. The minimum atomic E-state index is -0.370. The summed E-state index contributed by atoms with van der Waals surface area (Å²) in [4.78, 5) is 23.2. The zero-order valence-electron chi connectivity index (χ0n) is 12.5. The first-order chi connectivity index (χ1) is 9.58. The lowest BCUT2D eigenvalue weighted by atomic mass is 10.1. The van der Waals surface area contributed by atoms with Gasteiger partial charge >= 0.3 is 5.97 Å². The molecule has 0 spiro atoms. The Morgan fingerprint density at radius 2 is 1.95 bits per heavy atom. The van der Waals surface area contributed by atoms with Crippen LogP contribution in [-0.2, 0) is 9.53 Å². The van der Waals surface area contributed by atoms with Gasteiger partial charge in [0.05, 0.1) is 12.7 Å². The van der Waals surface area contributed by atoms with E-state index >= 15 is 0 Å². The molecule has 0 fully saturated rings. The minimum Gasteiger partial charge on any atom is -0.465 e. The predicted molar refractivity (Wildman–Crippen MR) is 79.9 cm³/mol. The quantitative estimate of drug-likeness (QED) is 0.611. The van der Waals surface area contributed by atoms with E-state index < -0.39 is 0 Å². The highest BCUT2D eigenvalue weighted by atomic mass is 16.5. The van der Waals surface area contributed by atoms with E-state index in [-0.39, 0.29) is 11.9 Å². The van der Waals surface area contributed by atoms with E-state index in [9.17, 15) is 9.59 Å². The van der Waals surface area contributed by atoms with Crippen LogP contribution in [0, 0.1) is 6.92 Å². The fourth-order valence-corrected chi connectivity index (χ4v) is 1.97. The molecule has 0 aliphatic carbocycles. The molecular formula is C16H23NO3. The zero-order valence-corrected chi connectivity index (χ0v) is 12.5. The molecule has 110 valence electrons. The lowest BCUT2D eigenvalue weighted by molar-refractivity contribution is -0.116. The summed E-state index contributed by atoms with van der Waals surface area (Å²) >= 11 is 0. The van der Waals surface area contributed by atoms with Crippen LogP contribution in [0.3, 0.4) is 0 Å². The molecule has 1 rings (SSSR count). The number of aryl methyl sites for hydroxylation is 1. The Kier molecular flexibility index (Phi) is 6.77. The smallest absolute Gasteiger partial charge is 0.337 e. The third-order valence-electron chi connectivity index (χ3n) is 3.18. The summed E-state index contributed by atoms with van der Waals surface area (Å²) in [5.74, 6) is -0.347. The lowest BCUT2D eigenvalue weighted by Gasteiger charge is -2.09. The number of amides is 1. The van der Waals surface area contributed by atoms with Crippen LogP contribution in [0.15, 0.2) is 18.2 Å². The highest BCUT2D eigenvalue weighted by Gasteiger charge is 2.09. The van der Waals surface area contributed by atoms with E-state index in [2.05, 4.69) is 17.0 Å². The van der Waals surface area contributed by atoms with Crippen molar-refractivity contribution in [3.05, 3.63) is 29.3 Å². The summed E-state index contributed by atoms with van der Waals surface area (Å²) in [5.41, 5.74) is 2.10. The topological polar surface area (TPSA) is 55.4 Å². The molecule has 0 heterocycles. The largest absolute Gasteiger partial charge is 0.465 e. The van der Waals surface area contributed by atoms with Crippen LogP contribution in [0.1, 0.15) is 54.9 Å². The molecule has 1 N–H and O–H groups in total. The van der Waals surface area contributed by atoms with Crippen molar-refractivity contribution in [1.29, 1.82) is 0 Å².